The maximum absolute atomic E-state index is 14.9. The molecule has 0 unspecified atom stereocenters. The molecule has 0 aliphatic rings. The van der Waals surface area contributed by atoms with E-state index in [4.69, 9.17) is 0 Å². The second-order valence-electron chi connectivity index (χ2n) is 10.1. The number of benzene rings is 5. The Balaban J connectivity index is 1.61. The van der Waals surface area contributed by atoms with Gasteiger partial charge in [0.25, 0.3) is 0 Å². The largest absolute Gasteiger partial charge is 0.744 e. The van der Waals surface area contributed by atoms with Crippen molar-refractivity contribution < 1.29 is 101 Å². The zero-order valence-electron chi connectivity index (χ0n) is 24.5. The fourth-order valence-electron chi connectivity index (χ4n) is 4.55. The van der Waals surface area contributed by atoms with Crippen molar-refractivity contribution >= 4 is 10.1 Å². The van der Waals surface area contributed by atoms with Crippen LogP contribution in [0.15, 0.2) is 23.1 Å². The van der Waals surface area contributed by atoms with Gasteiger partial charge in [0, 0.05) is 6.07 Å². The Labute approximate surface area is 284 Å². The van der Waals surface area contributed by atoms with Crippen LogP contribution in [0.2, 0.25) is 0 Å². The topological polar surface area (TPSA) is 75.7 Å². The van der Waals surface area contributed by atoms with E-state index in [0.717, 1.165) is 0 Å². The van der Waals surface area contributed by atoms with Gasteiger partial charge in [0.2, 0.25) is 46.4 Å². The van der Waals surface area contributed by atoms with Crippen molar-refractivity contribution in [3.05, 3.63) is 123 Å². The van der Waals surface area contributed by atoms with Gasteiger partial charge in [-0.15, -0.1) is 0 Å². The highest BCUT2D eigenvalue weighted by molar-refractivity contribution is 7.85. The van der Waals surface area contributed by atoms with Gasteiger partial charge in [0.15, 0.2) is 69.8 Å². The maximum atomic E-state index is 14.9. The summed E-state index contributed by atoms with van der Waals surface area (Å²) in [6, 6.07) is 0.0247. The molecule has 0 saturated heterocycles. The Morgan fingerprint density at radius 2 is 0.630 bits per heavy atom. The Kier molecular flexibility index (Phi) is 9.99. The first-order valence-corrected chi connectivity index (χ1v) is 14.6. The summed E-state index contributed by atoms with van der Waals surface area (Å²) < 4.78 is 302. The van der Waals surface area contributed by atoms with Gasteiger partial charge >= 0.3 is 0 Å². The van der Waals surface area contributed by atoms with Gasteiger partial charge in [0.05, 0.1) is 22.3 Å². The van der Waals surface area contributed by atoms with Gasteiger partial charge in [-0.2, -0.15) is 17.6 Å². The molecule has 0 atom stereocenters. The van der Waals surface area contributed by atoms with Crippen LogP contribution in [0.5, 0.6) is 23.0 Å². The van der Waals surface area contributed by atoms with Crippen LogP contribution in [-0.4, -0.2) is 13.0 Å². The van der Waals surface area contributed by atoms with Crippen molar-refractivity contribution in [2.45, 2.75) is 4.90 Å². The van der Waals surface area contributed by atoms with Gasteiger partial charge in [-0.25, -0.2) is 69.9 Å². The Morgan fingerprint density at radius 1 is 0.370 bits per heavy atom. The lowest BCUT2D eigenvalue weighted by Gasteiger charge is -2.18. The van der Waals surface area contributed by atoms with Gasteiger partial charge in [-0.05, 0) is 12.1 Å². The third-order valence-corrected chi connectivity index (χ3v) is 7.84. The van der Waals surface area contributed by atoms with Crippen molar-refractivity contribution in [1.29, 1.82) is 0 Å². The summed E-state index contributed by atoms with van der Waals surface area (Å²) in [5.74, 6) is -59.6. The molecule has 0 N–H and O–H groups in total. The van der Waals surface area contributed by atoms with Crippen molar-refractivity contribution in [2.75, 3.05) is 0 Å². The fraction of sp³-hybridized carbons (Fsp3) is 0. The molecule has 286 valence electrons. The van der Waals surface area contributed by atoms with E-state index < -0.39 is 165 Å². The van der Waals surface area contributed by atoms with Crippen LogP contribution in [-0.2, 0) is 10.1 Å². The lowest BCUT2D eigenvalue weighted by molar-refractivity contribution is 0.353. The average molecular weight is 817 g/mol. The standard InChI is InChI=1S/C30H4F18O5S/c31-11-7(12(32)20(40)23(43)19(11)39)9-15(35)25(45)29(26(46)16(9)36)52-4-1-2-5(6(3-4)54(49,50)51)53-30-27(47)17(37)10(18(38)28(30)48)8-13(33)21(41)24(44)22(42)14(8)34/h1-3H,(H,49,50,51)/p-1. The summed E-state index contributed by atoms with van der Waals surface area (Å²) in [6.07, 6.45) is 0. The molecule has 5 rings (SSSR count). The third-order valence-electron chi connectivity index (χ3n) is 6.98. The second-order valence-corrected chi connectivity index (χ2v) is 11.4. The number of rotatable bonds is 7. The first-order chi connectivity index (χ1) is 24.9. The zero-order chi connectivity index (χ0) is 40.6. The highest BCUT2D eigenvalue weighted by atomic mass is 32.2. The summed E-state index contributed by atoms with van der Waals surface area (Å²) in [5, 5.41) is 0. The number of hydrogen-bond donors (Lipinski definition) is 0. The molecule has 0 heterocycles. The van der Waals surface area contributed by atoms with E-state index in [2.05, 4.69) is 9.47 Å². The monoisotopic (exact) mass is 817 g/mol. The minimum absolute atomic E-state index is 0.0402. The Morgan fingerprint density at radius 3 is 0.926 bits per heavy atom. The van der Waals surface area contributed by atoms with Crippen LogP contribution in [0.1, 0.15) is 0 Å². The molecule has 5 aromatic rings. The minimum atomic E-state index is -6.12. The number of hydrogen-bond acceptors (Lipinski definition) is 5. The molecule has 0 amide bonds. The minimum Gasteiger partial charge on any atom is -0.744 e. The van der Waals surface area contributed by atoms with E-state index in [1.165, 1.54) is 0 Å². The second kappa shape index (κ2) is 13.6. The van der Waals surface area contributed by atoms with Crippen LogP contribution < -0.4 is 9.47 Å². The van der Waals surface area contributed by atoms with Gasteiger partial charge in [-0.3, -0.25) is 0 Å². The Hall–Kier alpha value is -5.65. The molecule has 0 fully saturated rings. The van der Waals surface area contributed by atoms with Crippen molar-refractivity contribution in [2.24, 2.45) is 0 Å². The summed E-state index contributed by atoms with van der Waals surface area (Å²) in [5.41, 5.74) is -10.1. The molecule has 0 aromatic heterocycles. The smallest absolute Gasteiger partial charge is 0.205 e. The molecule has 5 aromatic carbocycles. The molecule has 0 aliphatic carbocycles. The average Bonchev–Trinajstić information content (AvgIpc) is 3.12. The van der Waals surface area contributed by atoms with Crippen molar-refractivity contribution in [1.82, 2.24) is 0 Å². The summed E-state index contributed by atoms with van der Waals surface area (Å²) in [7, 11) is -6.12. The SMILES string of the molecule is O=S(=O)([O-])c1cc(Oc2c(F)c(F)c(-c3c(F)c(F)c(F)c(F)c3F)c(F)c2F)ccc1Oc1c(F)c(F)c(-c2c(F)c(F)c(F)c(F)c2F)c(F)c1F. The normalized spacial score (nSPS) is 11.8. The third kappa shape index (κ3) is 6.07. The fourth-order valence-corrected chi connectivity index (χ4v) is 5.17. The van der Waals surface area contributed by atoms with E-state index in [9.17, 15) is 92.0 Å². The van der Waals surface area contributed by atoms with E-state index in [1.54, 1.807) is 0 Å². The molecular weight excluding hydrogens is 814 g/mol. The van der Waals surface area contributed by atoms with Gasteiger partial charge in [-0.1, -0.05) is 0 Å². The summed E-state index contributed by atoms with van der Waals surface area (Å²) in [6.45, 7) is 0. The lowest BCUT2D eigenvalue weighted by atomic mass is 10.0. The maximum Gasteiger partial charge on any atom is 0.205 e. The van der Waals surface area contributed by atoms with Crippen LogP contribution in [0.3, 0.4) is 0 Å². The molecule has 0 saturated carbocycles. The van der Waals surface area contributed by atoms with E-state index in [1.807, 2.05) is 0 Å². The van der Waals surface area contributed by atoms with E-state index in [-0.39, 0.29) is 18.2 Å². The van der Waals surface area contributed by atoms with Crippen LogP contribution in [0.25, 0.3) is 22.3 Å². The first-order valence-electron chi connectivity index (χ1n) is 13.2. The molecule has 24 heteroatoms. The van der Waals surface area contributed by atoms with Crippen LogP contribution in [0, 0.1) is 105 Å². The summed E-state index contributed by atoms with van der Waals surface area (Å²) in [4.78, 5) is -1.96. The van der Waals surface area contributed by atoms with Crippen LogP contribution >= 0.6 is 0 Å². The number of ether oxygens (including phenoxy) is 2. The molecule has 0 aliphatic heterocycles. The quantitative estimate of drug-likeness (QED) is 0.0708. The van der Waals surface area contributed by atoms with Crippen molar-refractivity contribution in [3.63, 3.8) is 0 Å². The predicted octanol–water partition coefficient (Wildman–Crippen LogP) is 10.0. The first kappa shape index (κ1) is 39.6. The van der Waals surface area contributed by atoms with Crippen molar-refractivity contribution in [3.8, 4) is 45.3 Å². The molecule has 54 heavy (non-hydrogen) atoms. The Bertz CT molecular complexity index is 2460. The van der Waals surface area contributed by atoms with Crippen LogP contribution in [0.4, 0.5) is 79.0 Å². The molecule has 0 bridgehead atoms. The molecular formula is C30H3F18O5S-. The molecule has 5 nitrogen and oxygen atoms in total. The summed E-state index contributed by atoms with van der Waals surface area (Å²) >= 11 is 0. The predicted molar refractivity (Wildman–Crippen MR) is 138 cm³/mol. The number of halogens is 18. The molecule has 0 radical (unpaired) electrons. The zero-order valence-corrected chi connectivity index (χ0v) is 25.3. The molecule has 0 spiro atoms. The highest BCUT2D eigenvalue weighted by Gasteiger charge is 2.37. The lowest BCUT2D eigenvalue weighted by Crippen LogP contribution is -2.10. The van der Waals surface area contributed by atoms with Gasteiger partial charge < -0.3 is 14.0 Å². The van der Waals surface area contributed by atoms with E-state index >= 15 is 0 Å². The highest BCUT2D eigenvalue weighted by Crippen LogP contribution is 2.44. The van der Waals surface area contributed by atoms with Gasteiger partial charge in [0.1, 0.15) is 26.5 Å². The van der Waals surface area contributed by atoms with E-state index in [0.29, 0.717) is 0 Å².